The van der Waals surface area contributed by atoms with Gasteiger partial charge in [0.05, 0.1) is 18.9 Å². The third-order valence-corrected chi connectivity index (χ3v) is 4.97. The summed E-state index contributed by atoms with van der Waals surface area (Å²) < 4.78 is 10.8. The molecule has 0 radical (unpaired) electrons. The first-order valence-electron chi connectivity index (χ1n) is 10.5. The van der Waals surface area contributed by atoms with Crippen LogP contribution in [0.1, 0.15) is 32.6 Å². The number of methoxy groups -OCH3 is 1. The maximum atomic E-state index is 12.5. The molecule has 0 unspecified atom stereocenters. The minimum Gasteiger partial charge on any atom is -0.493 e. The molecule has 34 heavy (non-hydrogen) atoms. The normalized spacial score (nSPS) is 10.6. The van der Waals surface area contributed by atoms with E-state index in [0.717, 1.165) is 16.7 Å². The van der Waals surface area contributed by atoms with E-state index in [0.29, 0.717) is 22.6 Å². The molecule has 0 spiro atoms. The molecule has 0 saturated carbocycles. The molecule has 8 heteroatoms. The fourth-order valence-corrected chi connectivity index (χ4v) is 3.15. The van der Waals surface area contributed by atoms with Crippen molar-refractivity contribution in [3.8, 4) is 11.5 Å². The molecule has 3 aromatic rings. The Hall–Kier alpha value is -4.46. The number of benzene rings is 3. The molecule has 8 nitrogen and oxygen atoms in total. The fraction of sp³-hybridized carbons (Fsp3) is 0.154. The van der Waals surface area contributed by atoms with Crippen LogP contribution in [-0.2, 0) is 9.59 Å². The zero-order chi connectivity index (χ0) is 24.7. The zero-order valence-electron chi connectivity index (χ0n) is 19.3. The minimum atomic E-state index is -0.910. The van der Waals surface area contributed by atoms with Crippen LogP contribution in [0, 0.1) is 20.8 Å². The largest absolute Gasteiger partial charge is 0.493 e. The van der Waals surface area contributed by atoms with Crippen molar-refractivity contribution in [2.75, 3.05) is 12.4 Å². The Kier molecular flexibility index (Phi) is 7.76. The molecule has 0 aliphatic carbocycles. The van der Waals surface area contributed by atoms with Crippen LogP contribution < -0.4 is 20.2 Å². The lowest BCUT2D eigenvalue weighted by molar-refractivity contribution is -0.136. The van der Waals surface area contributed by atoms with Gasteiger partial charge in [-0.25, -0.2) is 10.2 Å². The molecular weight excluding hydrogens is 434 g/mol. The van der Waals surface area contributed by atoms with Crippen LogP contribution in [0.4, 0.5) is 5.69 Å². The van der Waals surface area contributed by atoms with Crippen LogP contribution in [-0.4, -0.2) is 31.1 Å². The number of carbonyl (C=O) groups is 3. The van der Waals surface area contributed by atoms with Crippen LogP contribution in [0.2, 0.25) is 0 Å². The summed E-state index contributed by atoms with van der Waals surface area (Å²) in [6.45, 7) is 5.60. The second-order valence-electron chi connectivity index (χ2n) is 7.59. The maximum Gasteiger partial charge on any atom is 0.343 e. The number of rotatable bonds is 6. The number of carbonyl (C=O) groups excluding carboxylic acids is 3. The van der Waals surface area contributed by atoms with Crippen molar-refractivity contribution in [3.63, 3.8) is 0 Å². The highest BCUT2D eigenvalue weighted by Crippen LogP contribution is 2.28. The number of nitrogens with zero attached hydrogens (tertiary/aromatic N) is 1. The van der Waals surface area contributed by atoms with Gasteiger partial charge in [0.2, 0.25) is 0 Å². The molecule has 174 valence electrons. The number of esters is 1. The summed E-state index contributed by atoms with van der Waals surface area (Å²) in [7, 11) is 1.44. The van der Waals surface area contributed by atoms with Crippen molar-refractivity contribution >= 4 is 29.7 Å². The van der Waals surface area contributed by atoms with E-state index in [9.17, 15) is 14.4 Å². The first-order valence-corrected chi connectivity index (χ1v) is 10.5. The van der Waals surface area contributed by atoms with E-state index in [4.69, 9.17) is 9.47 Å². The van der Waals surface area contributed by atoms with Gasteiger partial charge in [0.1, 0.15) is 0 Å². The summed E-state index contributed by atoms with van der Waals surface area (Å²) in [6, 6.07) is 17.4. The van der Waals surface area contributed by atoms with Gasteiger partial charge in [0, 0.05) is 5.69 Å². The van der Waals surface area contributed by atoms with Crippen molar-refractivity contribution in [2.24, 2.45) is 5.10 Å². The van der Waals surface area contributed by atoms with Crippen LogP contribution in [0.3, 0.4) is 0 Å². The van der Waals surface area contributed by atoms with Crippen LogP contribution in [0.5, 0.6) is 11.5 Å². The number of hydrogen-bond donors (Lipinski definition) is 2. The van der Waals surface area contributed by atoms with Crippen molar-refractivity contribution < 1.29 is 23.9 Å². The molecular formula is C26H25N3O5. The number of hydrogen-bond acceptors (Lipinski definition) is 6. The van der Waals surface area contributed by atoms with Crippen LogP contribution >= 0.6 is 0 Å². The van der Waals surface area contributed by atoms with Gasteiger partial charge < -0.3 is 14.8 Å². The quantitative estimate of drug-likeness (QED) is 0.191. The Morgan fingerprint density at radius 3 is 2.32 bits per heavy atom. The van der Waals surface area contributed by atoms with Gasteiger partial charge in [0.15, 0.2) is 11.5 Å². The first-order chi connectivity index (χ1) is 16.3. The third kappa shape index (κ3) is 6.07. The summed E-state index contributed by atoms with van der Waals surface area (Å²) >= 11 is 0. The molecule has 0 fully saturated rings. The van der Waals surface area contributed by atoms with E-state index >= 15 is 0 Å². The molecule has 2 amide bonds. The Morgan fingerprint density at radius 2 is 1.62 bits per heavy atom. The Bertz CT molecular complexity index is 1270. The van der Waals surface area contributed by atoms with Crippen molar-refractivity contribution in [1.29, 1.82) is 0 Å². The minimum absolute atomic E-state index is 0.241. The topological polar surface area (TPSA) is 106 Å². The molecule has 0 atom stereocenters. The summed E-state index contributed by atoms with van der Waals surface area (Å²) in [5, 5.41) is 6.37. The van der Waals surface area contributed by atoms with Gasteiger partial charge in [-0.1, -0.05) is 35.9 Å². The van der Waals surface area contributed by atoms with Gasteiger partial charge in [0.25, 0.3) is 0 Å². The summed E-state index contributed by atoms with van der Waals surface area (Å²) in [6.07, 6.45) is 1.35. The highest BCUT2D eigenvalue weighted by molar-refractivity contribution is 6.39. The number of nitrogens with one attached hydrogen (secondary N) is 2. The standard InChI is InChI=1S/C26H25N3O5/c1-16-9-11-21(18(3)13-16)28-24(30)25(31)29-27-15-19-10-12-22(23(14-19)33-4)34-26(32)20-8-6-5-7-17(20)2/h5-15H,1-4H3,(H,28,30)(H,29,31). The van der Waals surface area contributed by atoms with Crippen molar-refractivity contribution in [2.45, 2.75) is 20.8 Å². The lowest BCUT2D eigenvalue weighted by Gasteiger charge is -2.11. The van der Waals surface area contributed by atoms with Gasteiger partial charge in [-0.15, -0.1) is 0 Å². The number of ether oxygens (including phenoxy) is 2. The zero-order valence-corrected chi connectivity index (χ0v) is 19.3. The highest BCUT2D eigenvalue weighted by Gasteiger charge is 2.15. The monoisotopic (exact) mass is 459 g/mol. The van der Waals surface area contributed by atoms with Crippen molar-refractivity contribution in [3.05, 3.63) is 88.5 Å². The summed E-state index contributed by atoms with van der Waals surface area (Å²) in [4.78, 5) is 36.7. The third-order valence-electron chi connectivity index (χ3n) is 4.97. The van der Waals surface area contributed by atoms with E-state index in [2.05, 4.69) is 15.8 Å². The van der Waals surface area contributed by atoms with Crippen molar-refractivity contribution in [1.82, 2.24) is 5.43 Å². The van der Waals surface area contributed by atoms with Crippen LogP contribution in [0.25, 0.3) is 0 Å². The highest BCUT2D eigenvalue weighted by atomic mass is 16.6. The SMILES string of the molecule is COc1cc(C=NNC(=O)C(=O)Nc2ccc(C)cc2C)ccc1OC(=O)c1ccccc1C. The average Bonchev–Trinajstić information content (AvgIpc) is 2.81. The molecule has 2 N–H and O–H groups in total. The molecule has 0 saturated heterocycles. The van der Waals surface area contributed by atoms with E-state index in [1.165, 1.54) is 13.3 Å². The Morgan fingerprint density at radius 1 is 0.853 bits per heavy atom. The second-order valence-corrected chi connectivity index (χ2v) is 7.59. The fourth-order valence-electron chi connectivity index (χ4n) is 3.15. The molecule has 0 heterocycles. The second kappa shape index (κ2) is 10.9. The predicted molar refractivity (Wildman–Crippen MR) is 129 cm³/mol. The lowest BCUT2D eigenvalue weighted by atomic mass is 10.1. The average molecular weight is 460 g/mol. The molecule has 0 aromatic heterocycles. The van der Waals surface area contributed by atoms with Gasteiger partial charge in [-0.05, 0) is 67.8 Å². The molecule has 0 aliphatic rings. The molecule has 3 aromatic carbocycles. The van der Waals surface area contributed by atoms with E-state index in [1.807, 2.05) is 45.0 Å². The number of amides is 2. The summed E-state index contributed by atoms with van der Waals surface area (Å²) in [5.41, 5.74) is 6.45. The Labute approximate surface area is 197 Å². The predicted octanol–water partition coefficient (Wildman–Crippen LogP) is 3.93. The Balaban J connectivity index is 1.62. The maximum absolute atomic E-state index is 12.5. The van der Waals surface area contributed by atoms with Crippen LogP contribution in [0.15, 0.2) is 65.8 Å². The number of anilines is 1. The molecule has 0 aliphatic heterocycles. The van der Waals surface area contributed by atoms with E-state index < -0.39 is 17.8 Å². The number of aryl methyl sites for hydroxylation is 3. The van der Waals surface area contributed by atoms with E-state index in [-0.39, 0.29) is 5.75 Å². The van der Waals surface area contributed by atoms with Gasteiger partial charge in [-0.2, -0.15) is 5.10 Å². The number of hydrazone groups is 1. The van der Waals surface area contributed by atoms with E-state index in [1.54, 1.807) is 36.4 Å². The molecule has 0 bridgehead atoms. The van der Waals surface area contributed by atoms with Gasteiger partial charge in [-0.3, -0.25) is 9.59 Å². The molecule has 3 rings (SSSR count). The van der Waals surface area contributed by atoms with Gasteiger partial charge >= 0.3 is 17.8 Å². The smallest absolute Gasteiger partial charge is 0.343 e. The summed E-state index contributed by atoms with van der Waals surface area (Å²) in [5.74, 6) is -1.69. The lowest BCUT2D eigenvalue weighted by Crippen LogP contribution is -2.32. The first kappa shape index (κ1) is 24.2.